The van der Waals surface area contributed by atoms with E-state index >= 15 is 0 Å². The van der Waals surface area contributed by atoms with Gasteiger partial charge in [-0.05, 0) is 23.3 Å². The average molecular weight is 411 g/mol. The molecule has 28 heavy (non-hydrogen) atoms. The third-order valence-electron chi connectivity index (χ3n) is 3.73. The van der Waals surface area contributed by atoms with Crippen LogP contribution in [0.25, 0.3) is 0 Å². The Morgan fingerprint density at radius 2 is 1.82 bits per heavy atom. The lowest BCUT2D eigenvalue weighted by Gasteiger charge is -2.15. The SMILES string of the molecule is COc1ccc(CC(NC(=O)OCc2ccccc2)C(=O)O)cc1S(=O)(=O)F. The van der Waals surface area contributed by atoms with Gasteiger partial charge in [-0.1, -0.05) is 36.4 Å². The molecule has 0 saturated carbocycles. The number of carbonyl (C=O) groups is 2. The first-order valence-corrected chi connectivity index (χ1v) is 9.40. The minimum Gasteiger partial charge on any atom is -0.495 e. The van der Waals surface area contributed by atoms with E-state index in [9.17, 15) is 27.0 Å². The fourth-order valence-corrected chi connectivity index (χ4v) is 3.07. The summed E-state index contributed by atoms with van der Waals surface area (Å²) in [4.78, 5) is 22.6. The molecule has 0 saturated heterocycles. The van der Waals surface area contributed by atoms with E-state index in [0.29, 0.717) is 0 Å². The molecule has 1 unspecified atom stereocenters. The van der Waals surface area contributed by atoms with Gasteiger partial charge in [-0.2, -0.15) is 8.42 Å². The number of amides is 1. The molecule has 2 aromatic carbocycles. The molecule has 0 aliphatic rings. The number of rotatable bonds is 8. The van der Waals surface area contributed by atoms with E-state index < -0.39 is 33.2 Å². The van der Waals surface area contributed by atoms with Crippen molar-refractivity contribution in [3.05, 3.63) is 59.7 Å². The lowest BCUT2D eigenvalue weighted by atomic mass is 10.1. The second-order valence-corrected chi connectivity index (χ2v) is 7.04. The summed E-state index contributed by atoms with van der Waals surface area (Å²) in [6.07, 6.45) is -1.24. The highest BCUT2D eigenvalue weighted by Crippen LogP contribution is 2.27. The Balaban J connectivity index is 2.08. The van der Waals surface area contributed by atoms with E-state index in [-0.39, 0.29) is 24.3 Å². The summed E-state index contributed by atoms with van der Waals surface area (Å²) in [6.45, 7) is -0.0498. The number of hydrogen-bond donors (Lipinski definition) is 2. The fourth-order valence-electron chi connectivity index (χ4n) is 2.38. The number of methoxy groups -OCH3 is 1. The summed E-state index contributed by atoms with van der Waals surface area (Å²) in [5, 5.41) is 11.5. The van der Waals surface area contributed by atoms with Crippen LogP contribution in [0.1, 0.15) is 11.1 Å². The maximum Gasteiger partial charge on any atom is 0.408 e. The first-order valence-electron chi connectivity index (χ1n) is 8.02. The Morgan fingerprint density at radius 1 is 1.14 bits per heavy atom. The zero-order valence-electron chi connectivity index (χ0n) is 14.8. The van der Waals surface area contributed by atoms with Crippen molar-refractivity contribution >= 4 is 22.3 Å². The Labute approximate surface area is 161 Å². The van der Waals surface area contributed by atoms with Gasteiger partial charge in [-0.15, -0.1) is 3.89 Å². The number of carboxylic acid groups (broad SMARTS) is 1. The van der Waals surface area contributed by atoms with Crippen LogP contribution in [0.2, 0.25) is 0 Å². The molecule has 1 atom stereocenters. The lowest BCUT2D eigenvalue weighted by molar-refractivity contribution is -0.139. The summed E-state index contributed by atoms with van der Waals surface area (Å²) in [7, 11) is -3.90. The molecule has 10 heteroatoms. The molecule has 2 aromatic rings. The van der Waals surface area contributed by atoms with Crippen LogP contribution in [-0.4, -0.2) is 38.7 Å². The van der Waals surface area contributed by atoms with Gasteiger partial charge < -0.3 is 19.9 Å². The van der Waals surface area contributed by atoms with Crippen molar-refractivity contribution < 1.29 is 36.5 Å². The molecule has 0 aliphatic heterocycles. The van der Waals surface area contributed by atoms with Crippen molar-refractivity contribution in [2.24, 2.45) is 0 Å². The average Bonchev–Trinajstić information content (AvgIpc) is 2.66. The number of benzene rings is 2. The predicted molar refractivity (Wildman–Crippen MR) is 96.2 cm³/mol. The number of hydrogen-bond acceptors (Lipinski definition) is 6. The number of halogens is 1. The number of carboxylic acids is 1. The molecule has 0 aliphatic carbocycles. The van der Waals surface area contributed by atoms with E-state index in [0.717, 1.165) is 11.6 Å². The molecular formula is C18H18FNO7S. The van der Waals surface area contributed by atoms with E-state index in [1.165, 1.54) is 19.2 Å². The number of alkyl carbamates (subject to hydrolysis) is 1. The van der Waals surface area contributed by atoms with Crippen molar-refractivity contribution in [3.8, 4) is 5.75 Å². The highest BCUT2D eigenvalue weighted by atomic mass is 32.3. The maximum atomic E-state index is 13.4. The van der Waals surface area contributed by atoms with Crippen LogP contribution in [0, 0.1) is 0 Å². The molecule has 2 rings (SSSR count). The van der Waals surface area contributed by atoms with E-state index in [1.807, 2.05) is 0 Å². The fraction of sp³-hybridized carbons (Fsp3) is 0.222. The van der Waals surface area contributed by atoms with Crippen LogP contribution < -0.4 is 10.1 Å². The lowest BCUT2D eigenvalue weighted by Crippen LogP contribution is -2.42. The minimum absolute atomic E-state index is 0.0498. The van der Waals surface area contributed by atoms with Crippen molar-refractivity contribution in [2.45, 2.75) is 24.0 Å². The van der Waals surface area contributed by atoms with Crippen molar-refractivity contribution in [1.82, 2.24) is 5.32 Å². The third kappa shape index (κ3) is 5.95. The normalized spacial score (nSPS) is 12.1. The maximum absolute atomic E-state index is 13.4. The number of carbonyl (C=O) groups excluding carboxylic acids is 1. The van der Waals surface area contributed by atoms with Gasteiger partial charge >= 0.3 is 22.3 Å². The predicted octanol–water partition coefficient (Wildman–Crippen LogP) is 2.28. The summed E-state index contributed by atoms with van der Waals surface area (Å²) >= 11 is 0. The van der Waals surface area contributed by atoms with Crippen LogP contribution in [0.15, 0.2) is 53.4 Å². The van der Waals surface area contributed by atoms with Gasteiger partial charge in [0.25, 0.3) is 0 Å². The largest absolute Gasteiger partial charge is 0.495 e. The quantitative estimate of drug-likeness (QED) is 0.640. The van der Waals surface area contributed by atoms with Gasteiger partial charge in [0.2, 0.25) is 0 Å². The molecule has 0 radical (unpaired) electrons. The number of ether oxygens (including phenoxy) is 2. The van der Waals surface area contributed by atoms with Crippen molar-refractivity contribution in [2.75, 3.05) is 7.11 Å². The Hall–Kier alpha value is -3.14. The molecule has 0 spiro atoms. The Morgan fingerprint density at radius 3 is 2.39 bits per heavy atom. The molecular weight excluding hydrogens is 393 g/mol. The van der Waals surface area contributed by atoms with E-state index in [2.05, 4.69) is 5.32 Å². The first kappa shape index (κ1) is 21.2. The molecule has 0 aromatic heterocycles. The second-order valence-electron chi connectivity index (χ2n) is 5.72. The van der Waals surface area contributed by atoms with Gasteiger partial charge in [-0.25, -0.2) is 9.59 Å². The van der Waals surface area contributed by atoms with Crippen molar-refractivity contribution in [1.29, 1.82) is 0 Å². The smallest absolute Gasteiger partial charge is 0.408 e. The topological polar surface area (TPSA) is 119 Å². The van der Waals surface area contributed by atoms with Crippen molar-refractivity contribution in [3.63, 3.8) is 0 Å². The highest BCUT2D eigenvalue weighted by molar-refractivity contribution is 7.86. The first-order chi connectivity index (χ1) is 13.2. The summed E-state index contributed by atoms with van der Waals surface area (Å²) in [5.74, 6) is -1.58. The summed E-state index contributed by atoms with van der Waals surface area (Å²) < 4.78 is 45.6. The molecule has 150 valence electrons. The number of aliphatic carboxylic acids is 1. The van der Waals surface area contributed by atoms with Crippen LogP contribution >= 0.6 is 0 Å². The number of nitrogens with one attached hydrogen (secondary N) is 1. The van der Waals surface area contributed by atoms with Crippen LogP contribution in [-0.2, 0) is 32.8 Å². The van der Waals surface area contributed by atoms with Gasteiger partial charge in [-0.3, -0.25) is 0 Å². The van der Waals surface area contributed by atoms with E-state index in [1.54, 1.807) is 30.3 Å². The van der Waals surface area contributed by atoms with Gasteiger partial charge in [0.15, 0.2) is 0 Å². The monoisotopic (exact) mass is 411 g/mol. The molecule has 0 bridgehead atoms. The highest BCUT2D eigenvalue weighted by Gasteiger charge is 2.24. The molecule has 0 fully saturated rings. The van der Waals surface area contributed by atoms with Crippen LogP contribution in [0.3, 0.4) is 0 Å². The van der Waals surface area contributed by atoms with Gasteiger partial charge in [0.1, 0.15) is 23.3 Å². The van der Waals surface area contributed by atoms with Gasteiger partial charge in [0, 0.05) is 6.42 Å². The Kier molecular flexibility index (Phi) is 6.94. The zero-order chi connectivity index (χ0) is 20.7. The Bertz CT molecular complexity index is 948. The standard InChI is InChI=1S/C18H18FNO7S/c1-26-15-8-7-13(10-16(15)28(19,24)25)9-14(17(21)22)20-18(23)27-11-12-5-3-2-4-6-12/h2-8,10,14H,9,11H2,1H3,(H,20,23)(H,21,22). The summed E-state index contributed by atoms with van der Waals surface area (Å²) in [5.41, 5.74) is 0.894. The van der Waals surface area contributed by atoms with Gasteiger partial charge in [0.05, 0.1) is 7.11 Å². The second kappa shape index (κ2) is 9.18. The molecule has 8 nitrogen and oxygen atoms in total. The summed E-state index contributed by atoms with van der Waals surface area (Å²) in [6, 6.07) is 10.9. The zero-order valence-corrected chi connectivity index (χ0v) is 15.6. The van der Waals surface area contributed by atoms with Crippen LogP contribution in [0.4, 0.5) is 8.68 Å². The van der Waals surface area contributed by atoms with E-state index in [4.69, 9.17) is 9.47 Å². The third-order valence-corrected chi connectivity index (χ3v) is 4.58. The van der Waals surface area contributed by atoms with Crippen LogP contribution in [0.5, 0.6) is 5.75 Å². The minimum atomic E-state index is -5.07. The molecule has 2 N–H and O–H groups in total. The molecule has 1 amide bonds. The molecule has 0 heterocycles.